The van der Waals surface area contributed by atoms with Gasteiger partial charge in [-0.25, -0.2) is 18.5 Å². The molecule has 5 N–H and O–H groups in total. The van der Waals surface area contributed by atoms with Crippen LogP contribution in [0.1, 0.15) is 35.1 Å². The van der Waals surface area contributed by atoms with Gasteiger partial charge in [-0.15, -0.1) is 4.36 Å². The topological polar surface area (TPSA) is 120 Å². The van der Waals surface area contributed by atoms with E-state index in [4.69, 9.17) is 10.5 Å². The second-order valence-corrected chi connectivity index (χ2v) is 8.34. The Bertz CT molecular complexity index is 951. The minimum absolute atomic E-state index is 0.157. The molecule has 1 aromatic carbocycles. The van der Waals surface area contributed by atoms with Crippen LogP contribution >= 0.6 is 0 Å². The minimum atomic E-state index is -4.24. The standard InChI is InChI=1S/C17H20F3N5O2S/c18-13(8-23-16(19)20)15(21)28(22,27)25-17(26)24-14-11-5-1-3-9(11)7-10-4-2-6-12(10)14/h7-8,16,21,23H,1-6H2,(H3,22,24,25,26,27)/b13-8+,21-15?. The van der Waals surface area contributed by atoms with Crippen LogP contribution in [-0.2, 0) is 35.6 Å². The highest BCUT2D eigenvalue weighted by atomic mass is 32.2. The minimum Gasteiger partial charge on any atom is -0.333 e. The van der Waals surface area contributed by atoms with E-state index in [0.717, 1.165) is 60.8 Å². The lowest BCUT2D eigenvalue weighted by Crippen LogP contribution is -2.27. The van der Waals surface area contributed by atoms with Gasteiger partial charge >= 0.3 is 12.6 Å². The van der Waals surface area contributed by atoms with Crippen molar-refractivity contribution in [1.82, 2.24) is 5.32 Å². The van der Waals surface area contributed by atoms with Gasteiger partial charge in [-0.2, -0.15) is 8.78 Å². The molecule has 1 atom stereocenters. The lowest BCUT2D eigenvalue weighted by molar-refractivity contribution is 0.124. The number of hydrogen-bond donors (Lipinski definition) is 4. The second-order valence-electron chi connectivity index (χ2n) is 6.61. The summed E-state index contributed by atoms with van der Waals surface area (Å²) in [6.45, 7) is -3.07. The highest BCUT2D eigenvalue weighted by Crippen LogP contribution is 2.38. The molecular formula is C17H20F3N5O2S. The first kappa shape index (κ1) is 20.3. The molecule has 0 bridgehead atoms. The van der Waals surface area contributed by atoms with Crippen LogP contribution in [0.2, 0.25) is 0 Å². The van der Waals surface area contributed by atoms with Gasteiger partial charge in [0, 0.05) is 11.9 Å². The van der Waals surface area contributed by atoms with E-state index in [-0.39, 0.29) is 6.20 Å². The van der Waals surface area contributed by atoms with E-state index in [1.54, 1.807) is 0 Å². The monoisotopic (exact) mass is 415 g/mol. The molecule has 0 fully saturated rings. The number of carbonyl (C=O) groups excluding carboxylic acids is 1. The lowest BCUT2D eigenvalue weighted by Gasteiger charge is -2.15. The molecule has 0 aliphatic heterocycles. The van der Waals surface area contributed by atoms with Crippen molar-refractivity contribution in [3.8, 4) is 0 Å². The van der Waals surface area contributed by atoms with Gasteiger partial charge in [-0.1, -0.05) is 6.07 Å². The molecule has 2 aliphatic carbocycles. The van der Waals surface area contributed by atoms with Gasteiger partial charge in [0.1, 0.15) is 0 Å². The van der Waals surface area contributed by atoms with Crippen LogP contribution in [0, 0.1) is 5.41 Å². The van der Waals surface area contributed by atoms with Gasteiger partial charge in [-0.3, -0.25) is 5.41 Å². The second kappa shape index (κ2) is 7.92. The Hall–Kier alpha value is -2.40. The van der Waals surface area contributed by atoms with Crippen LogP contribution in [0.25, 0.3) is 0 Å². The summed E-state index contributed by atoms with van der Waals surface area (Å²) in [5, 5.41) is 15.4. The number of urea groups is 1. The Balaban J connectivity index is 1.85. The number of aryl methyl sites for hydroxylation is 2. The Morgan fingerprint density at radius 3 is 2.32 bits per heavy atom. The van der Waals surface area contributed by atoms with Crippen molar-refractivity contribution >= 4 is 26.7 Å². The molecule has 1 unspecified atom stereocenters. The average Bonchev–Trinajstić information content (AvgIpc) is 3.27. The van der Waals surface area contributed by atoms with Crippen molar-refractivity contribution in [3.63, 3.8) is 0 Å². The van der Waals surface area contributed by atoms with Crippen molar-refractivity contribution in [1.29, 1.82) is 5.41 Å². The fourth-order valence-electron chi connectivity index (χ4n) is 3.61. The fourth-order valence-corrected chi connectivity index (χ4v) is 4.33. The maximum absolute atomic E-state index is 13.7. The first-order valence-electron chi connectivity index (χ1n) is 8.70. The molecule has 0 radical (unpaired) electrons. The van der Waals surface area contributed by atoms with E-state index >= 15 is 0 Å². The third-order valence-corrected chi connectivity index (χ3v) is 5.99. The molecule has 7 nitrogen and oxygen atoms in total. The number of carbonyl (C=O) groups is 1. The third-order valence-electron chi connectivity index (χ3n) is 4.77. The zero-order chi connectivity index (χ0) is 20.5. The summed E-state index contributed by atoms with van der Waals surface area (Å²) in [7, 11) is -4.24. The van der Waals surface area contributed by atoms with Crippen LogP contribution in [0.4, 0.5) is 23.7 Å². The molecule has 152 valence electrons. The van der Waals surface area contributed by atoms with E-state index in [1.807, 2.05) is 0 Å². The Labute approximate surface area is 160 Å². The number of halogens is 3. The Morgan fingerprint density at radius 1 is 1.21 bits per heavy atom. The number of nitrogens with one attached hydrogen (secondary N) is 3. The lowest BCUT2D eigenvalue weighted by atomic mass is 9.99. The first-order chi connectivity index (χ1) is 13.2. The molecular weight excluding hydrogens is 395 g/mol. The van der Waals surface area contributed by atoms with Crippen molar-refractivity contribution in [2.75, 3.05) is 5.32 Å². The number of fused-ring (bicyclic) bond motifs is 2. The molecule has 2 aliphatic rings. The quantitative estimate of drug-likeness (QED) is 0.343. The fraction of sp³-hybridized carbons (Fsp3) is 0.412. The van der Waals surface area contributed by atoms with E-state index in [9.17, 15) is 22.2 Å². The van der Waals surface area contributed by atoms with Gasteiger partial charge in [0.15, 0.2) is 20.8 Å². The van der Waals surface area contributed by atoms with Crippen LogP contribution in [0.5, 0.6) is 0 Å². The van der Waals surface area contributed by atoms with Crippen LogP contribution in [0.15, 0.2) is 22.5 Å². The Morgan fingerprint density at radius 2 is 1.79 bits per heavy atom. The molecule has 2 amide bonds. The molecule has 0 heterocycles. The van der Waals surface area contributed by atoms with Gasteiger partial charge in [-0.05, 0) is 60.8 Å². The van der Waals surface area contributed by atoms with Gasteiger partial charge < -0.3 is 10.6 Å². The SMILES string of the molecule is N=C(/C(F)=C\NC(F)F)S(N)(=O)=NC(=O)Nc1c2c(cc3c1CCC3)CCC2. The molecule has 0 saturated heterocycles. The molecule has 0 aromatic heterocycles. The largest absolute Gasteiger partial charge is 0.354 e. The zero-order valence-corrected chi connectivity index (χ0v) is 15.7. The molecule has 1 aromatic rings. The van der Waals surface area contributed by atoms with Gasteiger partial charge in [0.25, 0.3) is 0 Å². The Kier molecular flexibility index (Phi) is 5.75. The molecule has 0 spiro atoms. The maximum atomic E-state index is 13.7. The first-order valence-corrected chi connectivity index (χ1v) is 10.3. The maximum Gasteiger partial charge on any atom is 0.354 e. The molecule has 28 heavy (non-hydrogen) atoms. The number of benzene rings is 1. The molecule has 11 heteroatoms. The number of nitrogens with zero attached hydrogens (tertiary/aromatic N) is 1. The van der Waals surface area contributed by atoms with Crippen molar-refractivity contribution in [2.24, 2.45) is 9.50 Å². The van der Waals surface area contributed by atoms with Crippen molar-refractivity contribution < 1.29 is 22.2 Å². The van der Waals surface area contributed by atoms with E-state index in [1.165, 1.54) is 5.32 Å². The molecule has 0 saturated carbocycles. The van der Waals surface area contributed by atoms with Crippen molar-refractivity contribution in [3.05, 3.63) is 40.3 Å². The summed E-state index contributed by atoms with van der Waals surface area (Å²) in [6.07, 6.45) is 5.49. The summed E-state index contributed by atoms with van der Waals surface area (Å²) < 4.78 is 53.3. The summed E-state index contributed by atoms with van der Waals surface area (Å²) in [5.74, 6) is -1.59. The van der Waals surface area contributed by atoms with Gasteiger partial charge in [0.2, 0.25) is 0 Å². The summed E-state index contributed by atoms with van der Waals surface area (Å²) in [5.41, 5.74) is 4.96. The third kappa shape index (κ3) is 4.20. The highest BCUT2D eigenvalue weighted by molar-refractivity contribution is 8.07. The zero-order valence-electron chi connectivity index (χ0n) is 14.9. The van der Waals surface area contributed by atoms with E-state index in [0.29, 0.717) is 5.69 Å². The highest BCUT2D eigenvalue weighted by Gasteiger charge is 2.26. The predicted octanol–water partition coefficient (Wildman–Crippen LogP) is 3.14. The summed E-state index contributed by atoms with van der Waals surface area (Å²) in [4.78, 5) is 12.3. The number of nitrogens with two attached hydrogens (primary N) is 1. The molecule has 3 rings (SSSR count). The number of rotatable bonds is 4. The number of alkyl halides is 2. The van der Waals surface area contributed by atoms with Crippen molar-refractivity contribution in [2.45, 2.75) is 45.1 Å². The normalized spacial score (nSPS) is 17.7. The van der Waals surface area contributed by atoms with E-state index < -0.39 is 33.4 Å². The summed E-state index contributed by atoms with van der Waals surface area (Å²) in [6, 6.07) is 1.09. The average molecular weight is 415 g/mol. The van der Waals surface area contributed by atoms with Crippen LogP contribution < -0.4 is 15.8 Å². The van der Waals surface area contributed by atoms with Crippen LogP contribution in [0.3, 0.4) is 0 Å². The van der Waals surface area contributed by atoms with Crippen LogP contribution in [-0.4, -0.2) is 21.8 Å². The predicted molar refractivity (Wildman–Crippen MR) is 100 cm³/mol. The smallest absolute Gasteiger partial charge is 0.333 e. The summed E-state index contributed by atoms with van der Waals surface area (Å²) >= 11 is 0. The van der Waals surface area contributed by atoms with Gasteiger partial charge in [0.05, 0.1) is 0 Å². The van der Waals surface area contributed by atoms with E-state index in [2.05, 4.69) is 15.7 Å². The number of anilines is 1. The number of amides is 2. The number of hydrogen-bond acceptors (Lipinski definition) is 4.